The molecule has 2 heterocycles. The second-order valence-corrected chi connectivity index (χ2v) is 8.55. The summed E-state index contributed by atoms with van der Waals surface area (Å²) in [6.45, 7) is 2.52. The first-order chi connectivity index (χ1) is 16.1. The van der Waals surface area contributed by atoms with Crippen molar-refractivity contribution in [3.05, 3.63) is 112 Å². The molecule has 33 heavy (non-hydrogen) atoms. The molecule has 0 fully saturated rings. The van der Waals surface area contributed by atoms with E-state index in [1.807, 2.05) is 78.2 Å². The van der Waals surface area contributed by atoms with Crippen molar-refractivity contribution in [3.63, 3.8) is 0 Å². The summed E-state index contributed by atoms with van der Waals surface area (Å²) < 4.78 is 5.98. The number of benzene rings is 3. The summed E-state index contributed by atoms with van der Waals surface area (Å²) in [6, 6.07) is 25.5. The first-order valence-corrected chi connectivity index (χ1v) is 11.4. The van der Waals surface area contributed by atoms with Crippen LogP contribution in [-0.4, -0.2) is 21.8 Å². The summed E-state index contributed by atoms with van der Waals surface area (Å²) in [7, 11) is 0. The molecule has 1 amide bonds. The van der Waals surface area contributed by atoms with Gasteiger partial charge in [0.1, 0.15) is 18.2 Å². The first kappa shape index (κ1) is 21.0. The maximum absolute atomic E-state index is 12.7. The van der Waals surface area contributed by atoms with E-state index in [1.54, 1.807) is 11.0 Å². The lowest BCUT2D eigenvalue weighted by Gasteiger charge is -2.26. The number of rotatable bonds is 5. The number of amides is 1. The van der Waals surface area contributed by atoms with Gasteiger partial charge < -0.3 is 4.74 Å². The minimum Gasteiger partial charge on any atom is -0.489 e. The van der Waals surface area contributed by atoms with E-state index in [4.69, 9.17) is 10.1 Å². The Balaban J connectivity index is 1.40. The molecule has 0 bridgehead atoms. The number of nitrogens with zero attached hydrogens (tertiary/aromatic N) is 2. The largest absolute Gasteiger partial charge is 0.489 e. The highest BCUT2D eigenvalue weighted by atomic mass is 32.2. The van der Waals surface area contributed by atoms with Gasteiger partial charge in [0.05, 0.1) is 11.3 Å². The third-order valence-corrected chi connectivity index (χ3v) is 6.33. The van der Waals surface area contributed by atoms with E-state index < -0.39 is 5.91 Å². The fraction of sp³-hybridized carbons (Fsp3) is 0.0741. The number of ether oxygens (including phenoxy) is 1. The van der Waals surface area contributed by atoms with Crippen LogP contribution in [0.5, 0.6) is 5.75 Å². The quantitative estimate of drug-likeness (QED) is 0.492. The van der Waals surface area contributed by atoms with Gasteiger partial charge in [-0.1, -0.05) is 78.5 Å². The topological polar surface area (TPSA) is 65.8 Å². The van der Waals surface area contributed by atoms with Crippen LogP contribution < -0.4 is 4.74 Å². The highest BCUT2D eigenvalue weighted by Crippen LogP contribution is 2.37. The van der Waals surface area contributed by atoms with Crippen LogP contribution in [0.4, 0.5) is 0 Å². The summed E-state index contributed by atoms with van der Waals surface area (Å²) in [5.41, 5.74) is 5.15. The van der Waals surface area contributed by atoms with Crippen LogP contribution in [0.3, 0.4) is 0 Å². The van der Waals surface area contributed by atoms with Gasteiger partial charge in [-0.3, -0.25) is 15.1 Å². The predicted octanol–water partition coefficient (Wildman–Crippen LogP) is 5.88. The smallest absolute Gasteiger partial charge is 0.283 e. The Morgan fingerprint density at radius 2 is 1.82 bits per heavy atom. The minimum atomic E-state index is -0.410. The molecule has 2 aliphatic heterocycles. The van der Waals surface area contributed by atoms with Crippen molar-refractivity contribution in [3.8, 4) is 5.75 Å². The molecule has 0 atom stereocenters. The zero-order valence-electron chi connectivity index (χ0n) is 18.0. The molecule has 0 aromatic heterocycles. The monoisotopic (exact) mass is 451 g/mol. The van der Waals surface area contributed by atoms with Crippen LogP contribution in [0.15, 0.2) is 94.8 Å². The Bertz CT molecular complexity index is 1340. The zero-order valence-corrected chi connectivity index (χ0v) is 18.8. The van der Waals surface area contributed by atoms with Gasteiger partial charge in [0.2, 0.25) is 0 Å². The summed E-state index contributed by atoms with van der Waals surface area (Å²) in [5, 5.41) is 11.2. The number of carbonyl (C=O) groups is 1. The maximum Gasteiger partial charge on any atom is 0.283 e. The van der Waals surface area contributed by atoms with Gasteiger partial charge in [0.15, 0.2) is 5.17 Å². The van der Waals surface area contributed by atoms with Crippen LogP contribution in [0.25, 0.3) is 11.8 Å². The van der Waals surface area contributed by atoms with Gasteiger partial charge in [-0.2, -0.15) is 4.99 Å². The van der Waals surface area contributed by atoms with Gasteiger partial charge in [-0.15, -0.1) is 0 Å². The Kier molecular flexibility index (Phi) is 5.67. The lowest BCUT2D eigenvalue weighted by molar-refractivity contribution is -0.114. The van der Waals surface area contributed by atoms with Crippen molar-refractivity contribution >= 4 is 40.4 Å². The minimum absolute atomic E-state index is 0.122. The number of fused-ring (bicyclic) bond motifs is 1. The van der Waals surface area contributed by atoms with Crippen LogP contribution in [-0.2, 0) is 11.4 Å². The normalized spacial score (nSPS) is 16.5. The SMILES string of the molecule is Cc1ccccc1COc1cccc(/C=C2/C(=N)N3C(c4ccccc4)=CSC3=NC2=O)c1. The average molecular weight is 452 g/mol. The van der Waals surface area contributed by atoms with E-state index in [1.165, 1.54) is 17.3 Å². The molecule has 0 unspecified atom stereocenters. The van der Waals surface area contributed by atoms with Crippen molar-refractivity contribution < 1.29 is 9.53 Å². The van der Waals surface area contributed by atoms with Crippen molar-refractivity contribution in [1.82, 2.24) is 4.90 Å². The molecular formula is C27H21N3O2S. The molecule has 3 aromatic rings. The fourth-order valence-corrected chi connectivity index (χ4v) is 4.60. The Hall–Kier alpha value is -3.90. The van der Waals surface area contributed by atoms with Gasteiger partial charge in [0.25, 0.3) is 5.91 Å². The van der Waals surface area contributed by atoms with Crippen molar-refractivity contribution in [2.24, 2.45) is 4.99 Å². The third kappa shape index (κ3) is 4.25. The van der Waals surface area contributed by atoms with Crippen LogP contribution in [0.2, 0.25) is 0 Å². The summed E-state index contributed by atoms with van der Waals surface area (Å²) in [6.07, 6.45) is 1.71. The highest BCUT2D eigenvalue weighted by Gasteiger charge is 2.36. The summed E-state index contributed by atoms with van der Waals surface area (Å²) >= 11 is 1.36. The number of carbonyl (C=O) groups excluding carboxylic acids is 1. The maximum atomic E-state index is 12.7. The second kappa shape index (κ2) is 8.92. The highest BCUT2D eigenvalue weighted by molar-refractivity contribution is 8.17. The molecule has 5 nitrogen and oxygen atoms in total. The van der Waals surface area contributed by atoms with E-state index in [9.17, 15) is 4.79 Å². The fourth-order valence-electron chi connectivity index (χ4n) is 3.71. The Labute approximate surface area is 196 Å². The number of nitrogens with one attached hydrogen (secondary N) is 1. The second-order valence-electron chi connectivity index (χ2n) is 7.72. The first-order valence-electron chi connectivity index (χ1n) is 10.5. The van der Waals surface area contributed by atoms with Gasteiger partial charge >= 0.3 is 0 Å². The van der Waals surface area contributed by atoms with Crippen molar-refractivity contribution in [1.29, 1.82) is 5.41 Å². The molecule has 0 saturated heterocycles. The molecule has 0 spiro atoms. The molecule has 5 rings (SSSR count). The van der Waals surface area contributed by atoms with Crippen LogP contribution >= 0.6 is 11.8 Å². The van der Waals surface area contributed by atoms with E-state index in [0.717, 1.165) is 22.4 Å². The van der Waals surface area contributed by atoms with Gasteiger partial charge in [0, 0.05) is 5.41 Å². The predicted molar refractivity (Wildman–Crippen MR) is 134 cm³/mol. The molecule has 162 valence electrons. The van der Waals surface area contributed by atoms with E-state index in [2.05, 4.69) is 18.0 Å². The summed E-state index contributed by atoms with van der Waals surface area (Å²) in [5.74, 6) is 0.414. The molecule has 0 saturated carbocycles. The van der Waals surface area contributed by atoms with Crippen LogP contribution in [0.1, 0.15) is 22.3 Å². The average Bonchev–Trinajstić information content (AvgIpc) is 3.26. The van der Waals surface area contributed by atoms with E-state index in [-0.39, 0.29) is 11.4 Å². The van der Waals surface area contributed by atoms with Gasteiger partial charge in [-0.05, 0) is 47.4 Å². The van der Waals surface area contributed by atoms with Gasteiger partial charge in [-0.25, -0.2) is 0 Å². The number of aliphatic imine (C=N–C) groups is 1. The van der Waals surface area contributed by atoms with Crippen molar-refractivity contribution in [2.45, 2.75) is 13.5 Å². The van der Waals surface area contributed by atoms with E-state index >= 15 is 0 Å². The Morgan fingerprint density at radius 3 is 2.64 bits per heavy atom. The molecule has 0 aliphatic carbocycles. The number of hydrogen-bond acceptors (Lipinski definition) is 4. The van der Waals surface area contributed by atoms with E-state index in [0.29, 0.717) is 17.5 Å². The molecule has 3 aromatic carbocycles. The number of thioether (sulfide) groups is 1. The standard InChI is InChI=1S/C27H21N3O2S/c1-18-8-5-6-12-21(18)16-32-22-13-7-9-19(14-22)15-23-25(28)30-24(20-10-3-2-4-11-20)17-33-27(30)29-26(23)31/h2-15,17,28H,16H2,1H3/b23-15-,28-25?. The molecular weight excluding hydrogens is 430 g/mol. The summed E-state index contributed by atoms with van der Waals surface area (Å²) in [4.78, 5) is 18.7. The number of aryl methyl sites for hydroxylation is 1. The lowest BCUT2D eigenvalue weighted by Crippen LogP contribution is -2.38. The molecule has 1 N–H and O–H groups in total. The zero-order chi connectivity index (χ0) is 22.8. The molecule has 6 heteroatoms. The number of amidine groups is 2. The molecule has 0 radical (unpaired) electrons. The van der Waals surface area contributed by atoms with Crippen LogP contribution in [0, 0.1) is 12.3 Å². The van der Waals surface area contributed by atoms with Crippen molar-refractivity contribution in [2.75, 3.05) is 0 Å². The Morgan fingerprint density at radius 1 is 1.03 bits per heavy atom. The number of hydrogen-bond donors (Lipinski definition) is 1. The third-order valence-electron chi connectivity index (χ3n) is 5.51. The lowest BCUT2D eigenvalue weighted by atomic mass is 10.1. The molecule has 2 aliphatic rings.